The van der Waals surface area contributed by atoms with Crippen LogP contribution in [0.4, 0.5) is 5.00 Å². The van der Waals surface area contributed by atoms with Crippen LogP contribution >= 0.6 is 11.3 Å². The number of fused-ring (bicyclic) bond motifs is 1. The molecule has 33 heavy (non-hydrogen) atoms. The fourth-order valence-electron chi connectivity index (χ4n) is 4.81. The van der Waals surface area contributed by atoms with Gasteiger partial charge in [-0.2, -0.15) is 4.31 Å². The zero-order valence-corrected chi connectivity index (χ0v) is 20.8. The highest BCUT2D eigenvalue weighted by Crippen LogP contribution is 2.38. The third kappa shape index (κ3) is 4.72. The molecule has 0 saturated carbocycles. The number of hydrogen-bond acceptors (Lipinski definition) is 5. The van der Waals surface area contributed by atoms with Crippen LogP contribution in [0.1, 0.15) is 76.6 Å². The van der Waals surface area contributed by atoms with Crippen molar-refractivity contribution >= 4 is 38.2 Å². The van der Waals surface area contributed by atoms with Crippen molar-refractivity contribution in [2.45, 2.75) is 69.2 Å². The fourth-order valence-corrected chi connectivity index (χ4v) is 7.86. The molecule has 4 rings (SSSR count). The van der Waals surface area contributed by atoms with E-state index in [1.807, 2.05) is 6.92 Å². The van der Waals surface area contributed by atoms with Gasteiger partial charge in [0.2, 0.25) is 10.0 Å². The number of hydrogen-bond donors (Lipinski definition) is 2. The summed E-state index contributed by atoms with van der Waals surface area (Å²) in [5, 5.41) is 6.13. The number of nitrogens with one attached hydrogen (secondary N) is 2. The standard InChI is InChI=1S/C24H31N3O4S2/c1-3-17-8-6-7-15-27(17)33(30,31)18-13-11-16(12-14-18)22(28)26-24-21(23(29)25-2)19-9-4-5-10-20(19)32-24/h11-14,17H,3-10,15H2,1-2H3,(H,25,29)(H,26,28). The highest BCUT2D eigenvalue weighted by molar-refractivity contribution is 7.89. The van der Waals surface area contributed by atoms with Crippen LogP contribution in [0.3, 0.4) is 0 Å². The van der Waals surface area contributed by atoms with Crippen molar-refractivity contribution in [2.24, 2.45) is 0 Å². The van der Waals surface area contributed by atoms with Crippen molar-refractivity contribution in [3.63, 3.8) is 0 Å². The monoisotopic (exact) mass is 489 g/mol. The lowest BCUT2D eigenvalue weighted by molar-refractivity contribution is 0.0963. The Morgan fingerprint density at radius 3 is 2.48 bits per heavy atom. The van der Waals surface area contributed by atoms with Crippen molar-refractivity contribution in [2.75, 3.05) is 18.9 Å². The molecule has 9 heteroatoms. The van der Waals surface area contributed by atoms with Crippen molar-refractivity contribution in [3.8, 4) is 0 Å². The van der Waals surface area contributed by atoms with Gasteiger partial charge in [-0.15, -0.1) is 11.3 Å². The fraction of sp³-hybridized carbons (Fsp3) is 0.500. The highest BCUT2D eigenvalue weighted by Gasteiger charge is 2.32. The topological polar surface area (TPSA) is 95.6 Å². The summed E-state index contributed by atoms with van der Waals surface area (Å²) in [5.74, 6) is -0.551. The zero-order valence-electron chi connectivity index (χ0n) is 19.1. The van der Waals surface area contributed by atoms with E-state index in [1.54, 1.807) is 23.5 Å². The second kappa shape index (κ2) is 9.95. The maximum Gasteiger partial charge on any atom is 0.256 e. The molecule has 1 fully saturated rings. The van der Waals surface area contributed by atoms with Gasteiger partial charge in [0.05, 0.1) is 10.5 Å². The van der Waals surface area contributed by atoms with E-state index in [-0.39, 0.29) is 22.8 Å². The molecule has 7 nitrogen and oxygen atoms in total. The van der Waals surface area contributed by atoms with Crippen LogP contribution in [-0.2, 0) is 22.9 Å². The molecular weight excluding hydrogens is 458 g/mol. The molecule has 1 aromatic heterocycles. The molecule has 2 amide bonds. The lowest BCUT2D eigenvalue weighted by atomic mass is 9.95. The number of thiophene rings is 1. The van der Waals surface area contributed by atoms with E-state index >= 15 is 0 Å². The summed E-state index contributed by atoms with van der Waals surface area (Å²) in [6.45, 7) is 2.55. The summed E-state index contributed by atoms with van der Waals surface area (Å²) in [7, 11) is -2.01. The maximum absolute atomic E-state index is 13.2. The Labute approximate surface area is 199 Å². The third-order valence-electron chi connectivity index (χ3n) is 6.62. The molecule has 1 saturated heterocycles. The third-order valence-corrected chi connectivity index (χ3v) is 9.79. The smallest absolute Gasteiger partial charge is 0.256 e. The number of benzene rings is 1. The van der Waals surface area contributed by atoms with Gasteiger partial charge in [-0.25, -0.2) is 8.42 Å². The summed E-state index contributed by atoms with van der Waals surface area (Å²) >= 11 is 1.46. The van der Waals surface area contributed by atoms with E-state index in [0.29, 0.717) is 22.7 Å². The predicted molar refractivity (Wildman–Crippen MR) is 131 cm³/mol. The van der Waals surface area contributed by atoms with Crippen molar-refractivity contribution in [1.29, 1.82) is 0 Å². The summed E-state index contributed by atoms with van der Waals surface area (Å²) in [6.07, 6.45) is 7.47. The Morgan fingerprint density at radius 2 is 1.79 bits per heavy atom. The minimum atomic E-state index is -3.60. The van der Waals surface area contributed by atoms with E-state index < -0.39 is 10.0 Å². The van der Waals surface area contributed by atoms with Crippen molar-refractivity contribution in [1.82, 2.24) is 9.62 Å². The lowest BCUT2D eigenvalue weighted by Gasteiger charge is -2.34. The second-order valence-electron chi connectivity index (χ2n) is 8.65. The number of nitrogens with zero attached hydrogens (tertiary/aromatic N) is 1. The Balaban J connectivity index is 1.55. The number of sulfonamides is 1. The number of carbonyl (C=O) groups is 2. The van der Waals surface area contributed by atoms with Gasteiger partial charge in [-0.3, -0.25) is 9.59 Å². The summed E-state index contributed by atoms with van der Waals surface area (Å²) in [6, 6.07) is 6.12. The van der Waals surface area contributed by atoms with Gasteiger partial charge in [0.1, 0.15) is 5.00 Å². The zero-order chi connectivity index (χ0) is 23.6. The lowest BCUT2D eigenvalue weighted by Crippen LogP contribution is -2.43. The van der Waals surface area contributed by atoms with E-state index in [0.717, 1.165) is 61.8 Å². The van der Waals surface area contributed by atoms with E-state index in [9.17, 15) is 18.0 Å². The molecule has 2 aromatic rings. The number of aryl methyl sites for hydroxylation is 1. The minimum absolute atomic E-state index is 0.0275. The van der Waals surface area contributed by atoms with Gasteiger partial charge in [0.25, 0.3) is 11.8 Å². The van der Waals surface area contributed by atoms with Crippen LogP contribution in [0.2, 0.25) is 0 Å². The Kier molecular flexibility index (Phi) is 7.21. The van der Waals surface area contributed by atoms with E-state index in [1.165, 1.54) is 23.5 Å². The minimum Gasteiger partial charge on any atom is -0.355 e. The largest absolute Gasteiger partial charge is 0.355 e. The molecule has 1 atom stereocenters. The molecule has 1 unspecified atom stereocenters. The molecule has 178 valence electrons. The van der Waals surface area contributed by atoms with Gasteiger partial charge in [0.15, 0.2) is 0 Å². The molecule has 0 bridgehead atoms. The average Bonchev–Trinajstić information content (AvgIpc) is 3.21. The molecule has 2 heterocycles. The van der Waals surface area contributed by atoms with Gasteiger partial charge in [-0.05, 0) is 74.8 Å². The Morgan fingerprint density at radius 1 is 1.06 bits per heavy atom. The molecule has 0 spiro atoms. The summed E-state index contributed by atoms with van der Waals surface area (Å²) < 4.78 is 28.0. The van der Waals surface area contributed by atoms with Gasteiger partial charge in [0, 0.05) is 30.1 Å². The Hall–Kier alpha value is -2.23. The van der Waals surface area contributed by atoms with Gasteiger partial charge < -0.3 is 10.6 Å². The molecule has 1 aromatic carbocycles. The summed E-state index contributed by atoms with van der Waals surface area (Å²) in [5.41, 5.74) is 1.95. The van der Waals surface area contributed by atoms with Gasteiger partial charge >= 0.3 is 0 Å². The predicted octanol–water partition coefficient (Wildman–Crippen LogP) is 4.19. The summed E-state index contributed by atoms with van der Waals surface area (Å²) in [4.78, 5) is 26.8. The molecule has 1 aliphatic heterocycles. The van der Waals surface area contributed by atoms with Crippen LogP contribution in [0.25, 0.3) is 0 Å². The first-order valence-electron chi connectivity index (χ1n) is 11.7. The molecule has 2 N–H and O–H groups in total. The van der Waals surface area contributed by atoms with Crippen LogP contribution in [0.5, 0.6) is 0 Å². The molecule has 0 radical (unpaired) electrons. The molecule has 1 aliphatic carbocycles. The van der Waals surface area contributed by atoms with E-state index in [4.69, 9.17) is 0 Å². The second-order valence-corrected chi connectivity index (χ2v) is 11.6. The first-order chi connectivity index (χ1) is 15.9. The first-order valence-corrected chi connectivity index (χ1v) is 13.9. The number of piperidine rings is 1. The normalized spacial score (nSPS) is 19.0. The molecule has 2 aliphatic rings. The SMILES string of the molecule is CCC1CCCCN1S(=O)(=O)c1ccc(C(=O)Nc2sc3c(c2C(=O)NC)CCCC3)cc1. The average molecular weight is 490 g/mol. The van der Waals surface area contributed by atoms with E-state index in [2.05, 4.69) is 10.6 Å². The van der Waals surface area contributed by atoms with Crippen LogP contribution < -0.4 is 10.6 Å². The first kappa shape index (κ1) is 23.9. The quantitative estimate of drug-likeness (QED) is 0.636. The van der Waals surface area contributed by atoms with Crippen molar-refractivity contribution in [3.05, 3.63) is 45.8 Å². The number of amides is 2. The van der Waals surface area contributed by atoms with Crippen LogP contribution in [-0.4, -0.2) is 44.2 Å². The maximum atomic E-state index is 13.2. The number of rotatable bonds is 6. The van der Waals surface area contributed by atoms with Crippen molar-refractivity contribution < 1.29 is 18.0 Å². The Bertz CT molecular complexity index is 1140. The number of carbonyl (C=O) groups excluding carboxylic acids is 2. The highest BCUT2D eigenvalue weighted by atomic mass is 32.2. The number of anilines is 1. The molecular formula is C24H31N3O4S2. The van der Waals surface area contributed by atoms with Gasteiger partial charge in [-0.1, -0.05) is 13.3 Å². The van der Waals surface area contributed by atoms with Crippen LogP contribution in [0, 0.1) is 0 Å². The van der Waals surface area contributed by atoms with Crippen LogP contribution in [0.15, 0.2) is 29.2 Å².